The molecule has 0 aromatic carbocycles. The van der Waals surface area contributed by atoms with Gasteiger partial charge in [-0.25, -0.2) is 0 Å². The third-order valence-electron chi connectivity index (χ3n) is 2.22. The second-order valence-electron chi connectivity index (χ2n) is 3.61. The minimum absolute atomic E-state index is 0.789. The van der Waals surface area contributed by atoms with Crippen molar-refractivity contribution in [3.8, 4) is 0 Å². The quantitative estimate of drug-likeness (QED) is 0.880. The van der Waals surface area contributed by atoms with E-state index in [4.69, 9.17) is 0 Å². The monoisotopic (exact) mass is 234 g/mol. The van der Waals surface area contributed by atoms with Crippen molar-refractivity contribution in [2.24, 2.45) is 0 Å². The Bertz CT molecular complexity index is 439. The van der Waals surface area contributed by atoms with Crippen LogP contribution in [0.3, 0.4) is 0 Å². The van der Waals surface area contributed by atoms with E-state index >= 15 is 0 Å². The van der Waals surface area contributed by atoms with Crippen LogP contribution in [-0.4, -0.2) is 24.1 Å². The molecule has 0 spiro atoms. The Hall–Kier alpha value is -1.62. The summed E-state index contributed by atoms with van der Waals surface area (Å²) >= 11 is 1.65. The van der Waals surface area contributed by atoms with Gasteiger partial charge < -0.3 is 10.2 Å². The Morgan fingerprint density at radius 1 is 1.31 bits per heavy atom. The fourth-order valence-corrected chi connectivity index (χ4v) is 1.96. The molecule has 5 heteroatoms. The predicted molar refractivity (Wildman–Crippen MR) is 68.0 cm³/mol. The smallest absolute Gasteiger partial charge is 0.0794 e. The van der Waals surface area contributed by atoms with Crippen molar-refractivity contribution in [2.75, 3.05) is 24.3 Å². The molecule has 0 radical (unpaired) electrons. The van der Waals surface area contributed by atoms with E-state index in [0.29, 0.717) is 0 Å². The van der Waals surface area contributed by atoms with Crippen molar-refractivity contribution in [3.05, 3.63) is 35.0 Å². The van der Waals surface area contributed by atoms with Crippen molar-refractivity contribution in [2.45, 2.75) is 6.54 Å². The summed E-state index contributed by atoms with van der Waals surface area (Å²) in [5.74, 6) is 0. The lowest BCUT2D eigenvalue weighted by Gasteiger charge is -2.17. The van der Waals surface area contributed by atoms with Gasteiger partial charge in [0.25, 0.3) is 0 Å². The fourth-order valence-electron chi connectivity index (χ4n) is 1.43. The molecule has 2 aromatic rings. The molecule has 2 aromatic heterocycles. The molecule has 0 unspecified atom stereocenters. The fraction of sp³-hybridized carbons (Fsp3) is 0.273. The van der Waals surface area contributed by atoms with Crippen molar-refractivity contribution in [1.29, 1.82) is 0 Å². The van der Waals surface area contributed by atoms with E-state index in [9.17, 15) is 0 Å². The Labute approximate surface area is 99.0 Å². The molecule has 2 rings (SSSR count). The average molecular weight is 234 g/mol. The van der Waals surface area contributed by atoms with Crippen LogP contribution in [0.4, 0.5) is 11.4 Å². The predicted octanol–water partition coefficient (Wildman–Crippen LogP) is 2.22. The van der Waals surface area contributed by atoms with Crippen LogP contribution in [0.15, 0.2) is 30.2 Å². The van der Waals surface area contributed by atoms with Crippen LogP contribution < -0.4 is 10.2 Å². The zero-order valence-corrected chi connectivity index (χ0v) is 10.2. The first-order chi connectivity index (χ1) is 7.77. The largest absolute Gasteiger partial charge is 0.377 e. The number of hydrogen-bond acceptors (Lipinski definition) is 5. The Morgan fingerprint density at radius 2 is 2.19 bits per heavy atom. The zero-order chi connectivity index (χ0) is 11.4. The zero-order valence-electron chi connectivity index (χ0n) is 9.34. The highest BCUT2D eigenvalue weighted by Crippen LogP contribution is 2.23. The maximum atomic E-state index is 4.13. The lowest BCUT2D eigenvalue weighted by atomic mass is 10.3. The number of pyridine rings is 1. The van der Waals surface area contributed by atoms with Gasteiger partial charge in [0.1, 0.15) is 0 Å². The van der Waals surface area contributed by atoms with Crippen LogP contribution in [0.5, 0.6) is 0 Å². The van der Waals surface area contributed by atoms with Gasteiger partial charge in [0.2, 0.25) is 0 Å². The number of rotatable bonds is 4. The number of aromatic nitrogens is 2. The van der Waals surface area contributed by atoms with E-state index in [1.807, 2.05) is 38.1 Å². The van der Waals surface area contributed by atoms with E-state index < -0.39 is 0 Å². The van der Waals surface area contributed by atoms with E-state index in [0.717, 1.165) is 17.9 Å². The summed E-state index contributed by atoms with van der Waals surface area (Å²) in [5.41, 5.74) is 4.02. The Morgan fingerprint density at radius 3 is 2.88 bits per heavy atom. The van der Waals surface area contributed by atoms with Crippen LogP contribution >= 0.6 is 11.3 Å². The van der Waals surface area contributed by atoms with Gasteiger partial charge in [-0.1, -0.05) is 0 Å². The highest BCUT2D eigenvalue weighted by atomic mass is 32.1. The van der Waals surface area contributed by atoms with E-state index in [2.05, 4.69) is 20.2 Å². The number of nitrogens with zero attached hydrogens (tertiary/aromatic N) is 3. The molecule has 2 heterocycles. The summed E-state index contributed by atoms with van der Waals surface area (Å²) in [6.45, 7) is 0.789. The molecule has 0 saturated carbocycles. The molecule has 0 fully saturated rings. The number of anilines is 2. The Balaban J connectivity index is 2.09. The first kappa shape index (κ1) is 10.9. The molecule has 84 valence electrons. The number of thiazole rings is 1. The van der Waals surface area contributed by atoms with Crippen LogP contribution in [0.1, 0.15) is 4.88 Å². The van der Waals surface area contributed by atoms with Gasteiger partial charge in [0.05, 0.1) is 29.6 Å². The van der Waals surface area contributed by atoms with Gasteiger partial charge in [-0.3, -0.25) is 9.97 Å². The molecule has 0 aliphatic carbocycles. The number of nitrogens with one attached hydrogen (secondary N) is 1. The van der Waals surface area contributed by atoms with E-state index in [1.165, 1.54) is 4.88 Å². The highest BCUT2D eigenvalue weighted by molar-refractivity contribution is 7.09. The second kappa shape index (κ2) is 4.94. The standard InChI is InChI=1S/C11H14N4S/c1-15(2)11-3-4-12-7-10(11)14-6-9-5-13-8-16-9/h3-5,7-8,14H,6H2,1-2H3. The lowest BCUT2D eigenvalue weighted by Crippen LogP contribution is -2.12. The van der Waals surface area contributed by atoms with Crippen molar-refractivity contribution >= 4 is 22.7 Å². The number of hydrogen-bond donors (Lipinski definition) is 1. The summed E-state index contributed by atoms with van der Waals surface area (Å²) in [5, 5.41) is 3.36. The van der Waals surface area contributed by atoms with Gasteiger partial charge >= 0.3 is 0 Å². The summed E-state index contributed by atoms with van der Waals surface area (Å²) < 4.78 is 0. The molecule has 0 amide bonds. The molecular weight excluding hydrogens is 220 g/mol. The van der Waals surface area contributed by atoms with Crippen LogP contribution in [-0.2, 0) is 6.54 Å². The minimum atomic E-state index is 0.789. The van der Waals surface area contributed by atoms with Crippen LogP contribution in [0.25, 0.3) is 0 Å². The minimum Gasteiger partial charge on any atom is -0.377 e. The van der Waals surface area contributed by atoms with E-state index in [1.54, 1.807) is 17.5 Å². The SMILES string of the molecule is CN(C)c1ccncc1NCc1cncs1. The molecule has 0 bridgehead atoms. The highest BCUT2D eigenvalue weighted by Gasteiger charge is 2.03. The second-order valence-corrected chi connectivity index (χ2v) is 4.58. The normalized spacial score (nSPS) is 10.1. The molecule has 0 aliphatic heterocycles. The molecule has 1 N–H and O–H groups in total. The summed E-state index contributed by atoms with van der Waals surface area (Å²) in [4.78, 5) is 11.5. The summed E-state index contributed by atoms with van der Waals surface area (Å²) in [6, 6.07) is 2.00. The van der Waals surface area contributed by atoms with Gasteiger partial charge in [-0.05, 0) is 6.07 Å². The topological polar surface area (TPSA) is 41.1 Å². The molecule has 0 aliphatic rings. The average Bonchev–Trinajstić information content (AvgIpc) is 2.79. The van der Waals surface area contributed by atoms with Crippen molar-refractivity contribution in [3.63, 3.8) is 0 Å². The van der Waals surface area contributed by atoms with Crippen molar-refractivity contribution in [1.82, 2.24) is 9.97 Å². The molecule has 0 atom stereocenters. The first-order valence-electron chi connectivity index (χ1n) is 5.00. The van der Waals surface area contributed by atoms with Gasteiger partial charge in [-0.15, -0.1) is 11.3 Å². The third kappa shape index (κ3) is 2.49. The summed E-state index contributed by atoms with van der Waals surface area (Å²) in [6.07, 6.45) is 5.52. The van der Waals surface area contributed by atoms with Gasteiger partial charge in [0.15, 0.2) is 0 Å². The van der Waals surface area contributed by atoms with Crippen LogP contribution in [0, 0.1) is 0 Å². The molecule has 16 heavy (non-hydrogen) atoms. The van der Waals surface area contributed by atoms with Gasteiger partial charge in [0, 0.05) is 31.4 Å². The van der Waals surface area contributed by atoms with E-state index in [-0.39, 0.29) is 0 Å². The molecular formula is C11H14N4S. The lowest BCUT2D eigenvalue weighted by molar-refractivity contribution is 1.09. The van der Waals surface area contributed by atoms with Crippen LogP contribution in [0.2, 0.25) is 0 Å². The third-order valence-corrected chi connectivity index (χ3v) is 3.00. The molecule has 0 saturated heterocycles. The Kier molecular flexibility index (Phi) is 3.36. The first-order valence-corrected chi connectivity index (χ1v) is 5.88. The van der Waals surface area contributed by atoms with Crippen molar-refractivity contribution < 1.29 is 0 Å². The maximum Gasteiger partial charge on any atom is 0.0794 e. The summed E-state index contributed by atoms with van der Waals surface area (Å²) in [7, 11) is 4.04. The van der Waals surface area contributed by atoms with Gasteiger partial charge in [-0.2, -0.15) is 0 Å². The molecule has 4 nitrogen and oxygen atoms in total. The maximum absolute atomic E-state index is 4.13.